The number of alkyl halides is 3. The standard InChI is InChI=1S/C31H31BF3NO4S/c1-29(2)30(3,4)40-32(39-29)21(16-20-10-9-11-22(17-20)41-31(33,34)35)18-36-28(37)38-19-27-25-14-7-5-12-23(25)24-13-6-8-15-26(24)27/h5-17,27H,18-19H2,1-4H3,(H,36,37). The molecule has 10 heteroatoms. The third-order valence-corrected chi connectivity index (χ3v) is 8.50. The van der Waals surface area contributed by atoms with E-state index in [2.05, 4.69) is 17.4 Å². The molecule has 5 rings (SSSR count). The van der Waals surface area contributed by atoms with Gasteiger partial charge in [-0.3, -0.25) is 0 Å². The molecule has 0 spiro atoms. The van der Waals surface area contributed by atoms with Crippen LogP contribution in [0.5, 0.6) is 0 Å². The fraction of sp³-hybridized carbons (Fsp3) is 0.323. The number of hydrogen-bond acceptors (Lipinski definition) is 5. The van der Waals surface area contributed by atoms with E-state index in [1.165, 1.54) is 12.1 Å². The molecule has 0 saturated carbocycles. The van der Waals surface area contributed by atoms with Crippen LogP contribution in [0.25, 0.3) is 17.2 Å². The van der Waals surface area contributed by atoms with Crippen LogP contribution in [-0.4, -0.2) is 43.1 Å². The molecule has 2 aliphatic rings. The minimum atomic E-state index is -4.40. The van der Waals surface area contributed by atoms with Crippen molar-refractivity contribution in [2.45, 2.75) is 55.2 Å². The Kier molecular flexibility index (Phi) is 8.02. The molecule has 5 nitrogen and oxygen atoms in total. The molecule has 1 aliphatic carbocycles. The van der Waals surface area contributed by atoms with E-state index in [0.29, 0.717) is 11.0 Å². The second kappa shape index (κ2) is 11.2. The number of halogens is 3. The molecule has 3 aromatic rings. The number of alkyl carbamates (subject to hydrolysis) is 1. The van der Waals surface area contributed by atoms with Gasteiger partial charge in [0.1, 0.15) is 6.61 Å². The van der Waals surface area contributed by atoms with Crippen molar-refractivity contribution in [2.24, 2.45) is 0 Å². The Morgan fingerprint density at radius 1 is 0.951 bits per heavy atom. The normalized spacial score (nSPS) is 17.7. The van der Waals surface area contributed by atoms with Crippen molar-refractivity contribution in [3.63, 3.8) is 0 Å². The molecule has 1 aliphatic heterocycles. The molecule has 214 valence electrons. The maximum absolute atomic E-state index is 13.0. The summed E-state index contributed by atoms with van der Waals surface area (Å²) in [6.45, 7) is 7.80. The van der Waals surface area contributed by atoms with E-state index in [-0.39, 0.29) is 35.7 Å². The van der Waals surface area contributed by atoms with Gasteiger partial charge < -0.3 is 19.4 Å². The van der Waals surface area contributed by atoms with Gasteiger partial charge in [0.2, 0.25) is 0 Å². The summed E-state index contributed by atoms with van der Waals surface area (Å²) in [4.78, 5) is 12.9. The summed E-state index contributed by atoms with van der Waals surface area (Å²) in [5.74, 6) is -0.0832. The van der Waals surface area contributed by atoms with Crippen LogP contribution in [0.15, 0.2) is 83.2 Å². The van der Waals surface area contributed by atoms with Gasteiger partial charge in [0.15, 0.2) is 0 Å². The number of amides is 1. The average Bonchev–Trinajstić information content (AvgIpc) is 3.33. The van der Waals surface area contributed by atoms with Crippen molar-refractivity contribution in [1.29, 1.82) is 0 Å². The number of ether oxygens (including phenoxy) is 1. The molecule has 1 amide bonds. The number of carbonyl (C=O) groups excluding carboxylic acids is 1. The van der Waals surface area contributed by atoms with E-state index >= 15 is 0 Å². The lowest BCUT2D eigenvalue weighted by molar-refractivity contribution is -0.0328. The maximum Gasteiger partial charge on any atom is 0.492 e. The predicted molar refractivity (Wildman–Crippen MR) is 155 cm³/mol. The molecule has 1 fully saturated rings. The fourth-order valence-corrected chi connectivity index (χ4v) is 5.64. The summed E-state index contributed by atoms with van der Waals surface area (Å²) in [5.41, 5.74) is -0.134. The van der Waals surface area contributed by atoms with Crippen LogP contribution < -0.4 is 5.32 Å². The van der Waals surface area contributed by atoms with Gasteiger partial charge in [-0.15, -0.1) is 0 Å². The Labute approximate surface area is 242 Å². The van der Waals surface area contributed by atoms with Crippen LogP contribution in [0, 0.1) is 0 Å². The molecule has 0 aromatic heterocycles. The highest BCUT2D eigenvalue weighted by atomic mass is 32.2. The highest BCUT2D eigenvalue weighted by Crippen LogP contribution is 2.44. The lowest BCUT2D eigenvalue weighted by Gasteiger charge is -2.32. The van der Waals surface area contributed by atoms with E-state index in [0.717, 1.165) is 22.3 Å². The number of thioether (sulfide) groups is 1. The first-order chi connectivity index (χ1) is 19.3. The zero-order chi connectivity index (χ0) is 29.4. The number of fused-ring (bicyclic) bond motifs is 3. The number of carbonyl (C=O) groups is 1. The zero-order valence-electron chi connectivity index (χ0n) is 23.2. The van der Waals surface area contributed by atoms with Crippen LogP contribution >= 0.6 is 11.8 Å². The molecule has 1 heterocycles. The molecule has 1 N–H and O–H groups in total. The number of hydrogen-bond donors (Lipinski definition) is 1. The summed E-state index contributed by atoms with van der Waals surface area (Å²) in [6.07, 6.45) is 1.07. The minimum absolute atomic E-state index is 0.0180. The SMILES string of the molecule is CC1(C)OB(C(=Cc2cccc(SC(F)(F)F)c2)CNC(=O)OCC2c3ccccc3-c3ccccc32)OC1(C)C. The van der Waals surface area contributed by atoms with Crippen LogP contribution in [0.1, 0.15) is 50.3 Å². The number of rotatable bonds is 7. The van der Waals surface area contributed by atoms with Gasteiger partial charge in [0, 0.05) is 17.4 Å². The number of nitrogens with one attached hydrogen (secondary N) is 1. The van der Waals surface area contributed by atoms with Crippen molar-refractivity contribution in [3.8, 4) is 11.1 Å². The third kappa shape index (κ3) is 6.50. The first-order valence-electron chi connectivity index (χ1n) is 13.3. The first kappa shape index (κ1) is 29.3. The van der Waals surface area contributed by atoms with Crippen molar-refractivity contribution in [3.05, 3.63) is 95.0 Å². The van der Waals surface area contributed by atoms with Crippen LogP contribution in [0.4, 0.5) is 18.0 Å². The molecular weight excluding hydrogens is 550 g/mol. The van der Waals surface area contributed by atoms with Crippen molar-refractivity contribution >= 4 is 31.0 Å². The van der Waals surface area contributed by atoms with Gasteiger partial charge in [-0.2, -0.15) is 13.2 Å². The summed E-state index contributed by atoms with van der Waals surface area (Å²) in [7, 11) is -0.812. The van der Waals surface area contributed by atoms with Gasteiger partial charge in [-0.25, -0.2) is 4.79 Å². The van der Waals surface area contributed by atoms with Gasteiger partial charge in [-0.1, -0.05) is 66.7 Å². The van der Waals surface area contributed by atoms with Crippen LogP contribution in [-0.2, 0) is 14.0 Å². The van der Waals surface area contributed by atoms with Gasteiger partial charge in [-0.05, 0) is 84.9 Å². The largest absolute Gasteiger partial charge is 0.492 e. The lowest BCUT2D eigenvalue weighted by Crippen LogP contribution is -2.41. The Hall–Kier alpha value is -3.21. The highest BCUT2D eigenvalue weighted by Gasteiger charge is 2.52. The molecule has 0 radical (unpaired) electrons. The second-order valence-electron chi connectivity index (χ2n) is 11.1. The van der Waals surface area contributed by atoms with Crippen molar-refractivity contribution < 1.29 is 32.0 Å². The summed E-state index contributed by atoms with van der Waals surface area (Å²) in [5, 5.41) is 2.78. The second-order valence-corrected chi connectivity index (χ2v) is 12.2. The smallest absolute Gasteiger partial charge is 0.449 e. The average molecular weight is 581 g/mol. The maximum atomic E-state index is 13.0. The van der Waals surface area contributed by atoms with E-state index in [1.807, 2.05) is 64.1 Å². The highest BCUT2D eigenvalue weighted by molar-refractivity contribution is 8.00. The van der Waals surface area contributed by atoms with E-state index in [1.54, 1.807) is 18.2 Å². The topological polar surface area (TPSA) is 56.8 Å². The van der Waals surface area contributed by atoms with Crippen molar-refractivity contribution in [1.82, 2.24) is 5.32 Å². The van der Waals surface area contributed by atoms with E-state index in [4.69, 9.17) is 14.0 Å². The molecule has 3 aromatic carbocycles. The van der Waals surface area contributed by atoms with E-state index < -0.39 is 29.9 Å². The molecule has 0 bridgehead atoms. The summed E-state index contributed by atoms with van der Waals surface area (Å²) < 4.78 is 56.9. The Balaban J connectivity index is 1.31. The van der Waals surface area contributed by atoms with Gasteiger partial charge in [0.05, 0.1) is 11.2 Å². The van der Waals surface area contributed by atoms with Crippen LogP contribution in [0.2, 0.25) is 0 Å². The summed E-state index contributed by atoms with van der Waals surface area (Å²) in [6, 6.07) is 22.3. The monoisotopic (exact) mass is 581 g/mol. The zero-order valence-corrected chi connectivity index (χ0v) is 24.1. The van der Waals surface area contributed by atoms with Gasteiger partial charge >= 0.3 is 18.7 Å². The summed E-state index contributed by atoms with van der Waals surface area (Å²) >= 11 is -0.181. The molecule has 41 heavy (non-hydrogen) atoms. The molecule has 0 unspecified atom stereocenters. The quantitative estimate of drug-likeness (QED) is 0.228. The molecule has 1 saturated heterocycles. The first-order valence-corrected chi connectivity index (χ1v) is 14.2. The molecular formula is C31H31BF3NO4S. The lowest BCUT2D eigenvalue weighted by atomic mass is 9.77. The Morgan fingerprint density at radius 3 is 2.12 bits per heavy atom. The van der Waals surface area contributed by atoms with Gasteiger partial charge in [0.25, 0.3) is 0 Å². The van der Waals surface area contributed by atoms with Crippen molar-refractivity contribution in [2.75, 3.05) is 13.2 Å². The Bertz CT molecular complexity index is 1410. The van der Waals surface area contributed by atoms with E-state index in [9.17, 15) is 18.0 Å². The van der Waals surface area contributed by atoms with Crippen LogP contribution in [0.3, 0.4) is 0 Å². The Morgan fingerprint density at radius 2 is 1.54 bits per heavy atom. The fourth-order valence-electron chi connectivity index (χ4n) is 5.04. The minimum Gasteiger partial charge on any atom is -0.449 e. The third-order valence-electron chi connectivity index (χ3n) is 7.78. The number of benzene rings is 3. The molecule has 0 atom stereocenters. The predicted octanol–water partition coefficient (Wildman–Crippen LogP) is 7.85.